The van der Waals surface area contributed by atoms with Gasteiger partial charge in [0.15, 0.2) is 0 Å². The normalized spacial score (nSPS) is 34.6. The smallest absolute Gasteiger partial charge is 0.00521 e. The SMILES string of the molecule is Cc1scc2c1[C@H]1[C@@H](C2)C1(C)C. The number of aryl methyl sites for hydroxylation is 1. The fourth-order valence-electron chi connectivity index (χ4n) is 3.02. The van der Waals surface area contributed by atoms with Crippen molar-refractivity contribution >= 4 is 11.3 Å². The summed E-state index contributed by atoms with van der Waals surface area (Å²) in [6.45, 7) is 7.12. The summed E-state index contributed by atoms with van der Waals surface area (Å²) in [5.74, 6) is 1.90. The summed E-state index contributed by atoms with van der Waals surface area (Å²) >= 11 is 1.94. The average molecular weight is 178 g/mol. The molecule has 1 aromatic heterocycles. The van der Waals surface area contributed by atoms with E-state index in [0.717, 1.165) is 11.8 Å². The zero-order chi connectivity index (χ0) is 8.51. The maximum Gasteiger partial charge on any atom is 0.00521 e. The van der Waals surface area contributed by atoms with Crippen LogP contribution in [-0.4, -0.2) is 0 Å². The van der Waals surface area contributed by atoms with Crippen LogP contribution in [0.2, 0.25) is 0 Å². The first-order valence-electron chi connectivity index (χ1n) is 4.69. The zero-order valence-corrected chi connectivity index (χ0v) is 8.66. The Balaban J connectivity index is 2.14. The van der Waals surface area contributed by atoms with Crippen molar-refractivity contribution in [3.63, 3.8) is 0 Å². The Morgan fingerprint density at radius 1 is 1.50 bits per heavy atom. The molecule has 1 heterocycles. The number of thiophene rings is 1. The molecule has 1 fully saturated rings. The number of fused-ring (bicyclic) bond motifs is 3. The fourth-order valence-corrected chi connectivity index (χ4v) is 3.95. The Bertz CT molecular complexity index is 346. The highest BCUT2D eigenvalue weighted by Crippen LogP contribution is 2.71. The first-order valence-corrected chi connectivity index (χ1v) is 5.57. The molecule has 64 valence electrons. The van der Waals surface area contributed by atoms with E-state index < -0.39 is 0 Å². The van der Waals surface area contributed by atoms with E-state index in [2.05, 4.69) is 26.2 Å². The molecule has 0 saturated heterocycles. The van der Waals surface area contributed by atoms with Gasteiger partial charge in [0, 0.05) is 4.88 Å². The van der Waals surface area contributed by atoms with Crippen LogP contribution in [0.1, 0.15) is 35.8 Å². The number of hydrogen-bond donors (Lipinski definition) is 0. The van der Waals surface area contributed by atoms with Crippen LogP contribution in [-0.2, 0) is 6.42 Å². The van der Waals surface area contributed by atoms with Gasteiger partial charge in [-0.25, -0.2) is 0 Å². The monoisotopic (exact) mass is 178 g/mol. The Hall–Kier alpha value is -0.300. The Morgan fingerprint density at radius 3 is 3.00 bits per heavy atom. The molecule has 1 saturated carbocycles. The molecular weight excluding hydrogens is 164 g/mol. The van der Waals surface area contributed by atoms with E-state index in [9.17, 15) is 0 Å². The van der Waals surface area contributed by atoms with Crippen molar-refractivity contribution in [2.75, 3.05) is 0 Å². The van der Waals surface area contributed by atoms with E-state index >= 15 is 0 Å². The second-order valence-electron chi connectivity index (χ2n) is 4.84. The number of hydrogen-bond acceptors (Lipinski definition) is 1. The van der Waals surface area contributed by atoms with E-state index in [1.54, 1.807) is 16.0 Å². The summed E-state index contributed by atoms with van der Waals surface area (Å²) in [6, 6.07) is 0. The van der Waals surface area contributed by atoms with Gasteiger partial charge >= 0.3 is 0 Å². The fraction of sp³-hybridized carbons (Fsp3) is 0.636. The highest BCUT2D eigenvalue weighted by atomic mass is 32.1. The molecule has 0 amide bonds. The topological polar surface area (TPSA) is 0 Å². The summed E-state index contributed by atoms with van der Waals surface area (Å²) < 4.78 is 0. The second kappa shape index (κ2) is 1.79. The zero-order valence-electron chi connectivity index (χ0n) is 7.85. The van der Waals surface area contributed by atoms with Crippen LogP contribution in [0.25, 0.3) is 0 Å². The molecule has 3 rings (SSSR count). The summed E-state index contributed by atoms with van der Waals surface area (Å²) in [5, 5.41) is 2.37. The lowest BCUT2D eigenvalue weighted by Gasteiger charge is -2.07. The van der Waals surface area contributed by atoms with Gasteiger partial charge in [0.05, 0.1) is 0 Å². The predicted octanol–water partition coefficient (Wildman–Crippen LogP) is 3.35. The molecule has 2 atom stereocenters. The molecular formula is C11H14S. The molecule has 0 aliphatic heterocycles. The summed E-state index contributed by atoms with van der Waals surface area (Å²) in [5.41, 5.74) is 4.00. The summed E-state index contributed by atoms with van der Waals surface area (Å²) in [7, 11) is 0. The Kier molecular flexibility index (Phi) is 1.07. The van der Waals surface area contributed by atoms with Crippen LogP contribution in [0.15, 0.2) is 5.38 Å². The van der Waals surface area contributed by atoms with Gasteiger partial charge in [-0.1, -0.05) is 13.8 Å². The standard InChI is InChI=1S/C11H14S/c1-6-9-7(5-12-6)4-8-10(9)11(8,2)3/h5,8,10H,4H2,1-3H3/t8-,10-/m1/s1. The molecule has 12 heavy (non-hydrogen) atoms. The van der Waals surface area contributed by atoms with Crippen LogP contribution in [0.3, 0.4) is 0 Å². The van der Waals surface area contributed by atoms with Crippen molar-refractivity contribution in [2.45, 2.75) is 33.1 Å². The largest absolute Gasteiger partial charge is 0.149 e. The van der Waals surface area contributed by atoms with Gasteiger partial charge in [0.1, 0.15) is 0 Å². The lowest BCUT2D eigenvalue weighted by Crippen LogP contribution is -1.98. The van der Waals surface area contributed by atoms with Crippen molar-refractivity contribution in [1.29, 1.82) is 0 Å². The molecule has 2 aliphatic carbocycles. The van der Waals surface area contributed by atoms with Gasteiger partial charge in [-0.2, -0.15) is 0 Å². The third-order valence-electron chi connectivity index (χ3n) is 3.90. The highest BCUT2D eigenvalue weighted by Gasteiger charge is 2.62. The average Bonchev–Trinajstić information content (AvgIpc) is 2.41. The van der Waals surface area contributed by atoms with Crippen molar-refractivity contribution in [3.8, 4) is 0 Å². The van der Waals surface area contributed by atoms with E-state index in [4.69, 9.17) is 0 Å². The molecule has 0 aromatic carbocycles. The van der Waals surface area contributed by atoms with Crippen molar-refractivity contribution < 1.29 is 0 Å². The molecule has 0 nitrogen and oxygen atoms in total. The van der Waals surface area contributed by atoms with Crippen molar-refractivity contribution in [2.24, 2.45) is 11.3 Å². The van der Waals surface area contributed by atoms with Crippen LogP contribution < -0.4 is 0 Å². The molecule has 2 aliphatic rings. The highest BCUT2D eigenvalue weighted by molar-refractivity contribution is 7.10. The minimum absolute atomic E-state index is 0.624. The van der Waals surface area contributed by atoms with Gasteiger partial charge in [-0.3, -0.25) is 0 Å². The minimum Gasteiger partial charge on any atom is -0.149 e. The minimum atomic E-state index is 0.624. The predicted molar refractivity (Wildman–Crippen MR) is 52.8 cm³/mol. The first-order chi connectivity index (χ1) is 5.62. The number of rotatable bonds is 0. The Morgan fingerprint density at radius 2 is 2.25 bits per heavy atom. The lowest BCUT2D eigenvalue weighted by atomic mass is 9.97. The maximum atomic E-state index is 2.42. The van der Waals surface area contributed by atoms with Gasteiger partial charge in [-0.15, -0.1) is 11.3 Å². The van der Waals surface area contributed by atoms with Crippen LogP contribution in [0.4, 0.5) is 0 Å². The van der Waals surface area contributed by atoms with E-state index in [1.165, 1.54) is 6.42 Å². The van der Waals surface area contributed by atoms with Crippen LogP contribution in [0, 0.1) is 18.3 Å². The molecule has 0 spiro atoms. The van der Waals surface area contributed by atoms with E-state index in [1.807, 2.05) is 11.3 Å². The van der Waals surface area contributed by atoms with E-state index in [-0.39, 0.29) is 0 Å². The molecule has 1 heteroatoms. The van der Waals surface area contributed by atoms with E-state index in [0.29, 0.717) is 5.41 Å². The summed E-state index contributed by atoms with van der Waals surface area (Å²) in [4.78, 5) is 1.57. The quantitative estimate of drug-likeness (QED) is 0.571. The van der Waals surface area contributed by atoms with Gasteiger partial charge in [-0.05, 0) is 47.1 Å². The van der Waals surface area contributed by atoms with Crippen LogP contribution >= 0.6 is 11.3 Å². The van der Waals surface area contributed by atoms with Crippen LogP contribution in [0.5, 0.6) is 0 Å². The third kappa shape index (κ3) is 0.610. The van der Waals surface area contributed by atoms with Crippen molar-refractivity contribution in [1.82, 2.24) is 0 Å². The molecule has 0 unspecified atom stereocenters. The molecule has 0 radical (unpaired) electrons. The van der Waals surface area contributed by atoms with Crippen molar-refractivity contribution in [3.05, 3.63) is 21.4 Å². The third-order valence-corrected chi connectivity index (χ3v) is 4.88. The second-order valence-corrected chi connectivity index (χ2v) is 5.92. The molecule has 1 aromatic rings. The lowest BCUT2D eigenvalue weighted by molar-refractivity contribution is 0.541. The Labute approximate surface area is 77.6 Å². The van der Waals surface area contributed by atoms with Gasteiger partial charge in [0.25, 0.3) is 0 Å². The maximum absolute atomic E-state index is 2.42. The molecule has 0 N–H and O–H groups in total. The van der Waals surface area contributed by atoms with Gasteiger partial charge < -0.3 is 0 Å². The molecule has 0 bridgehead atoms. The van der Waals surface area contributed by atoms with Gasteiger partial charge in [0.2, 0.25) is 0 Å². The first kappa shape index (κ1) is 7.14. The summed E-state index contributed by atoms with van der Waals surface area (Å²) in [6.07, 6.45) is 1.36.